The zero-order chi connectivity index (χ0) is 11.4. The summed E-state index contributed by atoms with van der Waals surface area (Å²) in [6.07, 6.45) is 1.68. The lowest BCUT2D eigenvalue weighted by Crippen LogP contribution is -1.91. The molecule has 0 unspecified atom stereocenters. The highest BCUT2D eigenvalue weighted by molar-refractivity contribution is 5.88. The molecule has 0 saturated heterocycles. The molecule has 16 heavy (non-hydrogen) atoms. The Morgan fingerprint density at radius 2 is 1.88 bits per heavy atom. The van der Waals surface area contributed by atoms with Crippen molar-refractivity contribution in [2.45, 2.75) is 0 Å². The highest BCUT2D eigenvalue weighted by Crippen LogP contribution is 2.18. The Labute approximate surface area is 93.9 Å². The maximum Gasteiger partial charge on any atom is 0.117 e. The Kier molecular flexibility index (Phi) is 2.87. The fraction of sp³-hybridized carbons (Fsp3) is 0. The average molecular weight is 212 g/mol. The lowest BCUT2D eigenvalue weighted by Gasteiger charge is -1.98. The first-order valence-corrected chi connectivity index (χ1v) is 4.93. The summed E-state index contributed by atoms with van der Waals surface area (Å²) in [4.78, 5) is 4.23. The monoisotopic (exact) mass is 212 g/mol. The molecule has 0 aliphatic heterocycles. The average Bonchev–Trinajstić information content (AvgIpc) is 2.28. The van der Waals surface area contributed by atoms with Crippen molar-refractivity contribution in [1.82, 2.24) is 0 Å². The number of phenolic OH excluding ortho intramolecular Hbond substituents is 1. The number of hydrogen-bond acceptors (Lipinski definition) is 3. The van der Waals surface area contributed by atoms with E-state index in [0.717, 1.165) is 5.56 Å². The lowest BCUT2D eigenvalue weighted by molar-refractivity contribution is 0.475. The van der Waals surface area contributed by atoms with E-state index in [1.807, 2.05) is 30.3 Å². The quantitative estimate of drug-likeness (QED) is 0.594. The molecule has 80 valence electrons. The molecule has 0 atom stereocenters. The Balaban J connectivity index is 2.25. The van der Waals surface area contributed by atoms with Crippen LogP contribution in [0.5, 0.6) is 5.75 Å². The summed E-state index contributed by atoms with van der Waals surface area (Å²) >= 11 is 0. The second-order valence-corrected chi connectivity index (χ2v) is 3.41. The number of aromatic hydroxyl groups is 1. The summed E-state index contributed by atoms with van der Waals surface area (Å²) in [6.45, 7) is 0. The first-order chi connectivity index (χ1) is 7.75. The molecular formula is C13H12N2O. The first kappa shape index (κ1) is 10.2. The van der Waals surface area contributed by atoms with Crippen molar-refractivity contribution in [1.29, 1.82) is 0 Å². The van der Waals surface area contributed by atoms with Crippen LogP contribution < -0.4 is 5.73 Å². The number of anilines is 1. The third kappa shape index (κ3) is 2.39. The fourth-order valence-corrected chi connectivity index (χ4v) is 1.35. The van der Waals surface area contributed by atoms with Crippen LogP contribution in [0.25, 0.3) is 0 Å². The van der Waals surface area contributed by atoms with E-state index in [1.165, 1.54) is 0 Å². The van der Waals surface area contributed by atoms with E-state index < -0.39 is 0 Å². The molecule has 0 bridgehead atoms. The minimum Gasteiger partial charge on any atom is -0.508 e. The van der Waals surface area contributed by atoms with E-state index in [1.54, 1.807) is 24.4 Å². The molecule has 0 aromatic heterocycles. The lowest BCUT2D eigenvalue weighted by atomic mass is 10.2. The molecule has 0 fully saturated rings. The molecule has 0 aliphatic carbocycles. The van der Waals surface area contributed by atoms with Gasteiger partial charge < -0.3 is 10.8 Å². The Hall–Kier alpha value is -2.29. The number of para-hydroxylation sites is 1. The van der Waals surface area contributed by atoms with Crippen molar-refractivity contribution in [3.05, 3.63) is 54.1 Å². The van der Waals surface area contributed by atoms with Crippen LogP contribution in [0.2, 0.25) is 0 Å². The summed E-state index contributed by atoms with van der Waals surface area (Å²) in [7, 11) is 0. The van der Waals surface area contributed by atoms with Gasteiger partial charge in [-0.2, -0.15) is 0 Å². The SMILES string of the molecule is Nc1ccccc1/C=N/c1cccc(O)c1. The number of rotatable bonds is 2. The van der Waals surface area contributed by atoms with Crippen LogP contribution in [0.15, 0.2) is 53.5 Å². The molecule has 0 saturated carbocycles. The van der Waals surface area contributed by atoms with Gasteiger partial charge >= 0.3 is 0 Å². The van der Waals surface area contributed by atoms with Crippen molar-refractivity contribution >= 4 is 17.6 Å². The third-order valence-electron chi connectivity index (χ3n) is 2.18. The summed E-state index contributed by atoms with van der Waals surface area (Å²) in [5.41, 5.74) is 8.02. The van der Waals surface area contributed by atoms with E-state index in [4.69, 9.17) is 5.73 Å². The topological polar surface area (TPSA) is 58.6 Å². The number of nitrogens with two attached hydrogens (primary N) is 1. The van der Waals surface area contributed by atoms with Crippen molar-refractivity contribution in [3.63, 3.8) is 0 Å². The number of benzene rings is 2. The van der Waals surface area contributed by atoms with Gasteiger partial charge in [0, 0.05) is 23.5 Å². The van der Waals surface area contributed by atoms with Gasteiger partial charge in [0.2, 0.25) is 0 Å². The largest absolute Gasteiger partial charge is 0.508 e. The Bertz CT molecular complexity index is 521. The third-order valence-corrected chi connectivity index (χ3v) is 2.18. The van der Waals surface area contributed by atoms with Crippen LogP contribution in [0, 0.1) is 0 Å². The predicted molar refractivity (Wildman–Crippen MR) is 66.2 cm³/mol. The molecule has 0 amide bonds. The highest BCUT2D eigenvalue weighted by atomic mass is 16.3. The second-order valence-electron chi connectivity index (χ2n) is 3.41. The van der Waals surface area contributed by atoms with Gasteiger partial charge in [0.15, 0.2) is 0 Å². The smallest absolute Gasteiger partial charge is 0.117 e. The Morgan fingerprint density at radius 3 is 2.62 bits per heavy atom. The van der Waals surface area contributed by atoms with Gasteiger partial charge in [0.25, 0.3) is 0 Å². The molecule has 0 heterocycles. The number of phenols is 1. The number of aliphatic imine (C=N–C) groups is 1. The summed E-state index contributed by atoms with van der Waals surface area (Å²) in [5, 5.41) is 9.27. The fourth-order valence-electron chi connectivity index (χ4n) is 1.35. The van der Waals surface area contributed by atoms with Crippen LogP contribution in [-0.2, 0) is 0 Å². The Morgan fingerprint density at radius 1 is 1.06 bits per heavy atom. The van der Waals surface area contributed by atoms with E-state index >= 15 is 0 Å². The summed E-state index contributed by atoms with van der Waals surface area (Å²) < 4.78 is 0. The van der Waals surface area contributed by atoms with Gasteiger partial charge in [-0.15, -0.1) is 0 Å². The summed E-state index contributed by atoms with van der Waals surface area (Å²) in [6, 6.07) is 14.3. The molecule has 0 spiro atoms. The van der Waals surface area contributed by atoms with E-state index in [9.17, 15) is 5.11 Å². The van der Waals surface area contributed by atoms with Crippen molar-refractivity contribution in [3.8, 4) is 5.75 Å². The van der Waals surface area contributed by atoms with E-state index in [2.05, 4.69) is 4.99 Å². The van der Waals surface area contributed by atoms with Gasteiger partial charge in [-0.25, -0.2) is 0 Å². The molecular weight excluding hydrogens is 200 g/mol. The van der Waals surface area contributed by atoms with E-state index in [0.29, 0.717) is 11.4 Å². The van der Waals surface area contributed by atoms with Crippen LogP contribution in [-0.4, -0.2) is 11.3 Å². The predicted octanol–water partition coefficient (Wildman–Crippen LogP) is 2.73. The van der Waals surface area contributed by atoms with Gasteiger partial charge in [-0.3, -0.25) is 4.99 Å². The maximum absolute atomic E-state index is 9.27. The number of nitrogen functional groups attached to an aromatic ring is 1. The zero-order valence-corrected chi connectivity index (χ0v) is 8.67. The van der Waals surface area contributed by atoms with Crippen molar-refractivity contribution < 1.29 is 5.11 Å². The minimum absolute atomic E-state index is 0.204. The molecule has 2 aromatic carbocycles. The molecule has 3 N–H and O–H groups in total. The number of nitrogens with zero attached hydrogens (tertiary/aromatic N) is 1. The molecule has 0 radical (unpaired) electrons. The zero-order valence-electron chi connectivity index (χ0n) is 8.67. The van der Waals surface area contributed by atoms with Crippen LogP contribution in [0.1, 0.15) is 5.56 Å². The summed E-state index contributed by atoms with van der Waals surface area (Å²) in [5.74, 6) is 0.204. The minimum atomic E-state index is 0.204. The maximum atomic E-state index is 9.27. The second kappa shape index (κ2) is 4.49. The molecule has 2 aromatic rings. The van der Waals surface area contributed by atoms with Gasteiger partial charge in [0.1, 0.15) is 5.75 Å². The number of hydrogen-bond donors (Lipinski definition) is 2. The van der Waals surface area contributed by atoms with Crippen LogP contribution in [0.3, 0.4) is 0 Å². The first-order valence-electron chi connectivity index (χ1n) is 4.93. The van der Waals surface area contributed by atoms with Crippen molar-refractivity contribution in [2.24, 2.45) is 4.99 Å². The van der Waals surface area contributed by atoms with Crippen molar-refractivity contribution in [2.75, 3.05) is 5.73 Å². The van der Waals surface area contributed by atoms with E-state index in [-0.39, 0.29) is 5.75 Å². The molecule has 3 nitrogen and oxygen atoms in total. The van der Waals surface area contributed by atoms with Crippen LogP contribution >= 0.6 is 0 Å². The van der Waals surface area contributed by atoms with Gasteiger partial charge in [-0.1, -0.05) is 24.3 Å². The molecule has 2 rings (SSSR count). The normalized spacial score (nSPS) is 10.8. The van der Waals surface area contributed by atoms with Gasteiger partial charge in [0.05, 0.1) is 5.69 Å². The van der Waals surface area contributed by atoms with Crippen LogP contribution in [0.4, 0.5) is 11.4 Å². The highest BCUT2D eigenvalue weighted by Gasteiger charge is 1.94. The standard InChI is InChI=1S/C13H12N2O/c14-13-7-2-1-4-10(13)9-15-11-5-3-6-12(16)8-11/h1-9,16H,14H2/b15-9+. The van der Waals surface area contributed by atoms with Gasteiger partial charge in [-0.05, 0) is 18.2 Å². The molecule has 3 heteroatoms. The molecule has 0 aliphatic rings.